The van der Waals surface area contributed by atoms with Crippen molar-refractivity contribution in [3.63, 3.8) is 0 Å². The first kappa shape index (κ1) is 16.6. The Bertz CT molecular complexity index is 845. The monoisotopic (exact) mass is 359 g/mol. The van der Waals surface area contributed by atoms with Crippen molar-refractivity contribution >= 4 is 29.1 Å². The van der Waals surface area contributed by atoms with E-state index in [1.165, 1.54) is 0 Å². The van der Waals surface area contributed by atoms with Crippen LogP contribution in [0.3, 0.4) is 0 Å². The fourth-order valence-electron chi connectivity index (χ4n) is 2.35. The van der Waals surface area contributed by atoms with Gasteiger partial charge in [-0.3, -0.25) is 4.79 Å². The lowest BCUT2D eigenvalue weighted by Gasteiger charge is -2.15. The highest BCUT2D eigenvalue weighted by atomic mass is 35.5. The normalized spacial score (nSPS) is 12.0. The summed E-state index contributed by atoms with van der Waals surface area (Å²) in [7, 11) is 0. The van der Waals surface area contributed by atoms with E-state index >= 15 is 0 Å². The lowest BCUT2D eigenvalue weighted by molar-refractivity contribution is 0.0940. The maximum absolute atomic E-state index is 12.3. The van der Waals surface area contributed by atoms with E-state index in [1.807, 2.05) is 42.0 Å². The highest BCUT2D eigenvalue weighted by molar-refractivity contribution is 6.42. The first-order valence-corrected chi connectivity index (χ1v) is 8.14. The van der Waals surface area contributed by atoms with Gasteiger partial charge in [0.1, 0.15) is 0 Å². The molecule has 122 valence electrons. The van der Waals surface area contributed by atoms with Crippen LogP contribution in [0, 0.1) is 0 Å². The van der Waals surface area contributed by atoms with Crippen molar-refractivity contribution in [1.29, 1.82) is 0 Å². The summed E-state index contributed by atoms with van der Waals surface area (Å²) in [6, 6.07) is 12.6. The molecule has 0 radical (unpaired) electrons. The van der Waals surface area contributed by atoms with E-state index in [0.29, 0.717) is 15.6 Å². The molecule has 3 aromatic rings. The molecule has 1 N–H and O–H groups in total. The molecule has 24 heavy (non-hydrogen) atoms. The Balaban J connectivity index is 1.71. The Morgan fingerprint density at radius 1 is 1.12 bits per heavy atom. The van der Waals surface area contributed by atoms with Crippen molar-refractivity contribution in [3.8, 4) is 5.69 Å². The van der Waals surface area contributed by atoms with Crippen LogP contribution in [0.15, 0.2) is 61.2 Å². The topological polar surface area (TPSA) is 46.9 Å². The Morgan fingerprint density at radius 3 is 2.50 bits per heavy atom. The zero-order valence-corrected chi connectivity index (χ0v) is 14.4. The Morgan fingerprint density at radius 2 is 1.88 bits per heavy atom. The number of amides is 1. The third-order valence-electron chi connectivity index (χ3n) is 3.73. The van der Waals surface area contributed by atoms with Gasteiger partial charge in [-0.2, -0.15) is 0 Å². The Kier molecular flexibility index (Phi) is 4.88. The van der Waals surface area contributed by atoms with Crippen LogP contribution in [0.5, 0.6) is 0 Å². The molecular weight excluding hydrogens is 345 g/mol. The number of carbonyl (C=O) groups excluding carboxylic acids is 1. The molecular formula is C18H15Cl2N3O. The Labute approximate surface area is 150 Å². The van der Waals surface area contributed by atoms with E-state index in [2.05, 4.69) is 10.3 Å². The molecule has 1 heterocycles. The molecule has 1 amide bonds. The number of rotatable bonds is 4. The Hall–Kier alpha value is -2.30. The number of imidazole rings is 1. The lowest BCUT2D eigenvalue weighted by Crippen LogP contribution is -2.26. The molecule has 0 saturated carbocycles. The minimum absolute atomic E-state index is 0.135. The zero-order chi connectivity index (χ0) is 17.1. The van der Waals surface area contributed by atoms with E-state index in [9.17, 15) is 4.79 Å². The number of hydrogen-bond acceptors (Lipinski definition) is 2. The van der Waals surface area contributed by atoms with Gasteiger partial charge >= 0.3 is 0 Å². The number of nitrogens with one attached hydrogen (secondary N) is 1. The molecule has 6 heteroatoms. The number of halogens is 2. The van der Waals surface area contributed by atoms with Crippen LogP contribution >= 0.6 is 23.2 Å². The fraction of sp³-hybridized carbons (Fsp3) is 0.111. The lowest BCUT2D eigenvalue weighted by atomic mass is 10.1. The molecule has 2 aromatic carbocycles. The molecule has 0 aliphatic carbocycles. The smallest absolute Gasteiger partial charge is 0.251 e. The molecule has 4 nitrogen and oxygen atoms in total. The van der Waals surface area contributed by atoms with Crippen molar-refractivity contribution in [2.75, 3.05) is 0 Å². The van der Waals surface area contributed by atoms with E-state index < -0.39 is 0 Å². The van der Waals surface area contributed by atoms with Crippen LogP contribution in [-0.4, -0.2) is 15.5 Å². The minimum atomic E-state index is -0.195. The zero-order valence-electron chi connectivity index (χ0n) is 12.9. The molecule has 0 aliphatic heterocycles. The second-order valence-electron chi connectivity index (χ2n) is 5.39. The second kappa shape index (κ2) is 7.07. The standard InChI is InChI=1S/C18H15Cl2N3O/c1-12(22-18(24)14-4-7-16(19)17(20)10-14)13-2-5-15(6-3-13)23-9-8-21-11-23/h2-12H,1H3,(H,22,24). The summed E-state index contributed by atoms with van der Waals surface area (Å²) in [5.74, 6) is -0.195. The third-order valence-corrected chi connectivity index (χ3v) is 4.46. The third kappa shape index (κ3) is 3.61. The van der Waals surface area contributed by atoms with Gasteiger partial charge in [0.15, 0.2) is 0 Å². The quantitative estimate of drug-likeness (QED) is 0.735. The molecule has 0 fully saturated rings. The van der Waals surface area contributed by atoms with E-state index in [0.717, 1.165) is 11.3 Å². The summed E-state index contributed by atoms with van der Waals surface area (Å²) in [6.45, 7) is 1.93. The average Bonchev–Trinajstić information content (AvgIpc) is 3.12. The maximum atomic E-state index is 12.3. The van der Waals surface area contributed by atoms with E-state index in [-0.39, 0.29) is 11.9 Å². The predicted molar refractivity (Wildman–Crippen MR) is 95.9 cm³/mol. The average molecular weight is 360 g/mol. The first-order valence-electron chi connectivity index (χ1n) is 7.39. The van der Waals surface area contributed by atoms with Crippen LogP contribution in [0.4, 0.5) is 0 Å². The highest BCUT2D eigenvalue weighted by Gasteiger charge is 2.13. The number of hydrogen-bond donors (Lipinski definition) is 1. The molecule has 0 aliphatic rings. The molecule has 3 rings (SSSR count). The van der Waals surface area contributed by atoms with Crippen LogP contribution in [0.25, 0.3) is 5.69 Å². The van der Waals surface area contributed by atoms with E-state index in [1.54, 1.807) is 30.7 Å². The first-order chi connectivity index (χ1) is 11.5. The number of aromatic nitrogens is 2. The molecule has 1 unspecified atom stereocenters. The molecule has 1 atom stereocenters. The summed E-state index contributed by atoms with van der Waals surface area (Å²) in [5.41, 5.74) is 2.50. The summed E-state index contributed by atoms with van der Waals surface area (Å²) >= 11 is 11.8. The van der Waals surface area contributed by atoms with Crippen LogP contribution in [0.2, 0.25) is 10.0 Å². The fourth-order valence-corrected chi connectivity index (χ4v) is 2.65. The van der Waals surface area contributed by atoms with E-state index in [4.69, 9.17) is 23.2 Å². The van der Waals surface area contributed by atoms with Gasteiger partial charge in [-0.05, 0) is 42.8 Å². The summed E-state index contributed by atoms with van der Waals surface area (Å²) < 4.78 is 1.92. The highest BCUT2D eigenvalue weighted by Crippen LogP contribution is 2.23. The summed E-state index contributed by atoms with van der Waals surface area (Å²) in [5, 5.41) is 3.74. The number of benzene rings is 2. The largest absolute Gasteiger partial charge is 0.346 e. The van der Waals surface area contributed by atoms with Crippen molar-refractivity contribution in [3.05, 3.63) is 82.4 Å². The molecule has 1 aromatic heterocycles. The SMILES string of the molecule is CC(NC(=O)c1ccc(Cl)c(Cl)c1)c1ccc(-n2ccnc2)cc1. The van der Waals surface area contributed by atoms with Crippen molar-refractivity contribution < 1.29 is 4.79 Å². The van der Waals surface area contributed by atoms with Crippen molar-refractivity contribution in [1.82, 2.24) is 14.9 Å². The van der Waals surface area contributed by atoms with Gasteiger partial charge in [0.25, 0.3) is 5.91 Å². The summed E-state index contributed by atoms with van der Waals surface area (Å²) in [4.78, 5) is 16.3. The number of carbonyl (C=O) groups is 1. The van der Waals surface area contributed by atoms with Crippen LogP contribution in [0.1, 0.15) is 28.9 Å². The molecule has 0 saturated heterocycles. The maximum Gasteiger partial charge on any atom is 0.251 e. The second-order valence-corrected chi connectivity index (χ2v) is 6.20. The van der Waals surface area contributed by atoms with Gasteiger partial charge in [0.2, 0.25) is 0 Å². The van der Waals surface area contributed by atoms with Gasteiger partial charge in [0, 0.05) is 23.6 Å². The molecule has 0 bridgehead atoms. The van der Waals surface area contributed by atoms with Gasteiger partial charge in [-0.1, -0.05) is 35.3 Å². The van der Waals surface area contributed by atoms with Gasteiger partial charge < -0.3 is 9.88 Å². The van der Waals surface area contributed by atoms with Crippen LogP contribution < -0.4 is 5.32 Å². The number of nitrogens with zero attached hydrogens (tertiary/aromatic N) is 2. The van der Waals surface area contributed by atoms with Gasteiger partial charge in [-0.25, -0.2) is 4.98 Å². The predicted octanol–water partition coefficient (Wildman–Crippen LogP) is 4.67. The van der Waals surface area contributed by atoms with Crippen LogP contribution in [-0.2, 0) is 0 Å². The molecule has 0 spiro atoms. The summed E-state index contributed by atoms with van der Waals surface area (Å²) in [6.07, 6.45) is 5.35. The van der Waals surface area contributed by atoms with Crippen molar-refractivity contribution in [2.24, 2.45) is 0 Å². The van der Waals surface area contributed by atoms with Gasteiger partial charge in [0.05, 0.1) is 22.4 Å². The van der Waals surface area contributed by atoms with Gasteiger partial charge in [-0.15, -0.1) is 0 Å². The van der Waals surface area contributed by atoms with Crippen molar-refractivity contribution in [2.45, 2.75) is 13.0 Å². The minimum Gasteiger partial charge on any atom is -0.346 e.